The summed E-state index contributed by atoms with van der Waals surface area (Å²) in [7, 11) is 1.55. The molecule has 0 fully saturated rings. The van der Waals surface area contributed by atoms with Gasteiger partial charge in [0.2, 0.25) is 0 Å². The van der Waals surface area contributed by atoms with Gasteiger partial charge in [-0.15, -0.1) is 11.3 Å². The number of benzene rings is 1. The summed E-state index contributed by atoms with van der Waals surface area (Å²) in [6.45, 7) is 0.626. The van der Waals surface area contributed by atoms with Crippen LogP contribution in [0.3, 0.4) is 0 Å². The Hall–Kier alpha value is -2.08. The lowest BCUT2D eigenvalue weighted by molar-refractivity contribution is 0.0698. The van der Waals surface area contributed by atoms with E-state index in [1.54, 1.807) is 36.8 Å². The Morgan fingerprint density at radius 3 is 3.00 bits per heavy atom. The van der Waals surface area contributed by atoms with Crippen LogP contribution in [0.15, 0.2) is 29.8 Å². The lowest BCUT2D eigenvalue weighted by Crippen LogP contribution is -2.09. The van der Waals surface area contributed by atoms with Gasteiger partial charge in [0, 0.05) is 30.6 Å². The quantitative estimate of drug-likeness (QED) is 0.849. The maximum atomic E-state index is 11.1. The first-order chi connectivity index (χ1) is 9.20. The van der Waals surface area contributed by atoms with E-state index in [4.69, 9.17) is 9.84 Å². The van der Waals surface area contributed by atoms with E-state index in [0.29, 0.717) is 18.0 Å². The number of thiazole rings is 1. The molecule has 0 bridgehead atoms. The van der Waals surface area contributed by atoms with Crippen LogP contribution in [0.1, 0.15) is 15.4 Å². The van der Waals surface area contributed by atoms with Crippen molar-refractivity contribution < 1.29 is 14.6 Å². The molecule has 5 nitrogen and oxygen atoms in total. The van der Waals surface area contributed by atoms with E-state index in [1.807, 2.05) is 5.38 Å². The highest BCUT2D eigenvalue weighted by Gasteiger charge is 2.10. The predicted molar refractivity (Wildman–Crippen MR) is 74.3 cm³/mol. The molecule has 6 heteroatoms. The Morgan fingerprint density at radius 2 is 2.37 bits per heavy atom. The van der Waals surface area contributed by atoms with E-state index in [1.165, 1.54) is 6.07 Å². The van der Waals surface area contributed by atoms with Crippen LogP contribution in [0.5, 0.6) is 5.75 Å². The van der Waals surface area contributed by atoms with E-state index < -0.39 is 5.97 Å². The van der Waals surface area contributed by atoms with Gasteiger partial charge in [-0.1, -0.05) is 0 Å². The van der Waals surface area contributed by atoms with E-state index >= 15 is 0 Å². The number of nitrogens with zero attached hydrogens (tertiary/aromatic N) is 1. The Labute approximate surface area is 114 Å². The van der Waals surface area contributed by atoms with Crippen LogP contribution in [0.25, 0.3) is 0 Å². The van der Waals surface area contributed by atoms with Gasteiger partial charge < -0.3 is 15.2 Å². The largest absolute Gasteiger partial charge is 0.497 e. The zero-order chi connectivity index (χ0) is 13.7. The molecular formula is C13H14N2O3S. The minimum absolute atomic E-state index is 0.236. The molecule has 1 heterocycles. The molecule has 19 heavy (non-hydrogen) atoms. The number of hydrogen-bond donors (Lipinski definition) is 2. The molecule has 0 saturated heterocycles. The molecule has 0 amide bonds. The third-order valence-electron chi connectivity index (χ3n) is 2.59. The number of ether oxygens (including phenoxy) is 1. The first kappa shape index (κ1) is 13.4. The maximum Gasteiger partial charge on any atom is 0.337 e. The minimum atomic E-state index is -0.959. The number of aromatic nitrogens is 1. The number of rotatable bonds is 6. The molecule has 2 rings (SSSR count). The summed E-state index contributed by atoms with van der Waals surface area (Å²) in [4.78, 5) is 15.3. The predicted octanol–water partition coefficient (Wildman–Crippen LogP) is 2.50. The number of methoxy groups -OCH3 is 1. The van der Waals surface area contributed by atoms with Crippen LogP contribution in [-0.2, 0) is 6.42 Å². The maximum absolute atomic E-state index is 11.1. The molecule has 0 aliphatic heterocycles. The first-order valence-electron chi connectivity index (χ1n) is 5.74. The average molecular weight is 278 g/mol. The van der Waals surface area contributed by atoms with Crippen molar-refractivity contribution in [3.05, 3.63) is 40.3 Å². The minimum Gasteiger partial charge on any atom is -0.497 e. The van der Waals surface area contributed by atoms with E-state index in [9.17, 15) is 4.79 Å². The summed E-state index contributed by atoms with van der Waals surface area (Å²) in [5.41, 5.74) is 0.795. The number of carboxylic acids is 1. The van der Waals surface area contributed by atoms with Gasteiger partial charge in [-0.3, -0.25) is 0 Å². The van der Waals surface area contributed by atoms with Gasteiger partial charge in [-0.2, -0.15) is 0 Å². The second kappa shape index (κ2) is 6.19. The van der Waals surface area contributed by atoms with Gasteiger partial charge in [-0.25, -0.2) is 9.78 Å². The summed E-state index contributed by atoms with van der Waals surface area (Å²) < 4.78 is 5.10. The lowest BCUT2D eigenvalue weighted by atomic mass is 10.1. The van der Waals surface area contributed by atoms with Gasteiger partial charge >= 0.3 is 5.97 Å². The monoisotopic (exact) mass is 278 g/mol. The summed E-state index contributed by atoms with van der Waals surface area (Å²) in [5.74, 6) is -0.332. The highest BCUT2D eigenvalue weighted by atomic mass is 32.1. The number of carbonyl (C=O) groups is 1. The van der Waals surface area contributed by atoms with Gasteiger partial charge in [0.25, 0.3) is 0 Å². The normalized spacial score (nSPS) is 10.2. The molecule has 0 saturated carbocycles. The molecule has 100 valence electrons. The highest BCUT2D eigenvalue weighted by molar-refractivity contribution is 7.09. The van der Waals surface area contributed by atoms with Crippen molar-refractivity contribution in [1.29, 1.82) is 0 Å². The molecular weight excluding hydrogens is 264 g/mol. The van der Waals surface area contributed by atoms with Crippen molar-refractivity contribution in [2.75, 3.05) is 19.0 Å². The van der Waals surface area contributed by atoms with Crippen molar-refractivity contribution in [2.45, 2.75) is 6.42 Å². The van der Waals surface area contributed by atoms with Crippen LogP contribution in [0.2, 0.25) is 0 Å². The number of anilines is 1. The molecule has 0 aliphatic carbocycles. The number of nitrogens with one attached hydrogen (secondary N) is 1. The van der Waals surface area contributed by atoms with Crippen molar-refractivity contribution in [3.63, 3.8) is 0 Å². The highest BCUT2D eigenvalue weighted by Crippen LogP contribution is 2.22. The van der Waals surface area contributed by atoms with Gasteiger partial charge in [0.1, 0.15) is 5.75 Å². The van der Waals surface area contributed by atoms with Crippen LogP contribution in [0, 0.1) is 0 Å². The molecule has 0 atom stereocenters. The van der Waals surface area contributed by atoms with Crippen molar-refractivity contribution in [1.82, 2.24) is 4.98 Å². The lowest BCUT2D eigenvalue weighted by Gasteiger charge is -2.10. The summed E-state index contributed by atoms with van der Waals surface area (Å²) in [5, 5.41) is 15.2. The summed E-state index contributed by atoms with van der Waals surface area (Å²) >= 11 is 1.58. The second-order valence-electron chi connectivity index (χ2n) is 3.82. The first-order valence-corrected chi connectivity index (χ1v) is 6.62. The van der Waals surface area contributed by atoms with Crippen LogP contribution < -0.4 is 10.1 Å². The number of hydrogen-bond acceptors (Lipinski definition) is 5. The number of aromatic carboxylic acids is 1. The van der Waals surface area contributed by atoms with Crippen molar-refractivity contribution >= 4 is 23.0 Å². The molecule has 1 aromatic carbocycles. The van der Waals surface area contributed by atoms with Gasteiger partial charge in [-0.05, 0) is 12.1 Å². The SMILES string of the molecule is COc1ccc(C(=O)O)c(NCCc2nccs2)c1. The van der Waals surface area contributed by atoms with Crippen LogP contribution in [-0.4, -0.2) is 29.7 Å². The fourth-order valence-electron chi connectivity index (χ4n) is 1.66. The summed E-state index contributed by atoms with van der Waals surface area (Å²) in [6, 6.07) is 4.85. The second-order valence-corrected chi connectivity index (χ2v) is 4.80. The molecule has 2 aromatic rings. The molecule has 0 spiro atoms. The zero-order valence-electron chi connectivity index (χ0n) is 10.4. The Kier molecular flexibility index (Phi) is 4.35. The fraction of sp³-hybridized carbons (Fsp3) is 0.231. The number of carboxylic acid groups (broad SMARTS) is 1. The van der Waals surface area contributed by atoms with Crippen molar-refractivity contribution in [3.8, 4) is 5.75 Å². The zero-order valence-corrected chi connectivity index (χ0v) is 11.2. The van der Waals surface area contributed by atoms with Crippen LogP contribution in [0.4, 0.5) is 5.69 Å². The fourth-order valence-corrected chi connectivity index (χ4v) is 2.28. The smallest absolute Gasteiger partial charge is 0.337 e. The Balaban J connectivity index is 2.06. The van der Waals surface area contributed by atoms with Crippen molar-refractivity contribution in [2.24, 2.45) is 0 Å². The van der Waals surface area contributed by atoms with Crippen LogP contribution >= 0.6 is 11.3 Å². The average Bonchev–Trinajstić information content (AvgIpc) is 2.91. The van der Waals surface area contributed by atoms with Gasteiger partial charge in [0.15, 0.2) is 0 Å². The molecule has 1 aromatic heterocycles. The standard InChI is InChI=1S/C13H14N2O3S/c1-18-9-2-3-10(13(16)17)11(8-9)14-5-4-12-15-6-7-19-12/h2-3,6-8,14H,4-5H2,1H3,(H,16,17). The third kappa shape index (κ3) is 3.45. The van der Waals surface area contributed by atoms with E-state index in [2.05, 4.69) is 10.3 Å². The Morgan fingerprint density at radius 1 is 1.53 bits per heavy atom. The molecule has 0 aliphatic rings. The van der Waals surface area contributed by atoms with Gasteiger partial charge in [0.05, 0.1) is 23.4 Å². The molecule has 0 unspecified atom stereocenters. The third-order valence-corrected chi connectivity index (χ3v) is 3.43. The topological polar surface area (TPSA) is 71.5 Å². The van der Waals surface area contributed by atoms with E-state index in [-0.39, 0.29) is 5.56 Å². The molecule has 2 N–H and O–H groups in total. The van der Waals surface area contributed by atoms with E-state index in [0.717, 1.165) is 11.4 Å². The summed E-state index contributed by atoms with van der Waals surface area (Å²) in [6.07, 6.45) is 2.52. The molecule has 0 radical (unpaired) electrons. The Bertz CT molecular complexity index is 555.